The van der Waals surface area contributed by atoms with Crippen LogP contribution in [-0.2, 0) is 21.6 Å². The molecule has 0 saturated heterocycles. The quantitative estimate of drug-likeness (QED) is 0.328. The minimum absolute atomic E-state index is 0. The first kappa shape index (κ1) is 15.6. The SMILES string of the molecule is O=P([O-])([O-])O.[Fe].[NH4+]. The topological polar surface area (TPSA) is 120 Å². The average molecular weight is 170 g/mol. The molecule has 5 nitrogen and oxygen atoms in total. The van der Waals surface area contributed by atoms with Crippen LogP contribution in [0.2, 0.25) is 0 Å². The molecule has 0 aromatic rings. The fourth-order valence-electron chi connectivity index (χ4n) is 0. The monoisotopic (exact) mass is 170 g/mol. The van der Waals surface area contributed by atoms with E-state index < -0.39 is 7.82 Å². The van der Waals surface area contributed by atoms with Crippen LogP contribution in [0.1, 0.15) is 0 Å². The van der Waals surface area contributed by atoms with Gasteiger partial charge in [0, 0.05) is 17.1 Å². The van der Waals surface area contributed by atoms with E-state index in [4.69, 9.17) is 19.2 Å². The summed E-state index contributed by atoms with van der Waals surface area (Å²) in [5.41, 5.74) is 0. The van der Waals surface area contributed by atoms with Gasteiger partial charge in [0.05, 0.1) is 7.82 Å². The van der Waals surface area contributed by atoms with Crippen LogP contribution in [0.3, 0.4) is 0 Å². The second-order valence-electron chi connectivity index (χ2n) is 0.469. The minimum atomic E-state index is -5.14. The fourth-order valence-corrected chi connectivity index (χ4v) is 0. The maximum Gasteiger partial charge on any atom is 0.0557 e. The van der Waals surface area contributed by atoms with Crippen LogP contribution in [0, 0.1) is 0 Å². The Morgan fingerprint density at radius 2 is 1.43 bits per heavy atom. The van der Waals surface area contributed by atoms with Crippen molar-refractivity contribution in [2.45, 2.75) is 0 Å². The van der Waals surface area contributed by atoms with E-state index in [9.17, 15) is 0 Å². The van der Waals surface area contributed by atoms with Gasteiger partial charge in [-0.25, -0.2) is 0 Å². The second kappa shape index (κ2) is 4.74. The van der Waals surface area contributed by atoms with Crippen LogP contribution in [0.5, 0.6) is 0 Å². The number of hydrogen-bond acceptors (Lipinski definition) is 3. The Labute approximate surface area is 51.0 Å². The molecule has 48 valence electrons. The van der Waals surface area contributed by atoms with E-state index in [1.807, 2.05) is 0 Å². The predicted molar refractivity (Wildman–Crippen MR) is 15.8 cm³/mol. The molecule has 0 spiro atoms. The van der Waals surface area contributed by atoms with Gasteiger partial charge in [0.1, 0.15) is 0 Å². The first-order chi connectivity index (χ1) is 2.00. The van der Waals surface area contributed by atoms with Crippen molar-refractivity contribution in [3.05, 3.63) is 0 Å². The van der Waals surface area contributed by atoms with E-state index in [0.717, 1.165) is 0 Å². The average Bonchev–Trinajstić information content (AvgIpc) is 0.722. The number of rotatable bonds is 0. The van der Waals surface area contributed by atoms with E-state index >= 15 is 0 Å². The Kier molecular flexibility index (Phi) is 10.6. The molecule has 0 bridgehead atoms. The molecular formula is H5FeNO4P-. The zero-order chi connectivity index (χ0) is 4.50. The molecule has 0 atom stereocenters. The van der Waals surface area contributed by atoms with Gasteiger partial charge in [0.2, 0.25) is 0 Å². The molecule has 0 aliphatic carbocycles. The molecule has 0 rings (SSSR count). The molecule has 5 N–H and O–H groups in total. The van der Waals surface area contributed by atoms with Crippen molar-refractivity contribution in [3.8, 4) is 0 Å². The zero-order valence-electron chi connectivity index (χ0n) is 3.47. The molecule has 0 heterocycles. The third kappa shape index (κ3) is 399. The van der Waals surface area contributed by atoms with Crippen LogP contribution in [0.25, 0.3) is 0 Å². The summed E-state index contributed by atoms with van der Waals surface area (Å²) in [6.07, 6.45) is 0. The largest absolute Gasteiger partial charge is 0.790 e. The van der Waals surface area contributed by atoms with Gasteiger partial charge in [0.25, 0.3) is 0 Å². The molecule has 0 amide bonds. The standard InChI is InChI=1S/Fe.H3N.H3O4P/c;;1-5(2,3)4/h;1H3;(H3,1,2,3,4)/p-1. The molecule has 7 heteroatoms. The maximum atomic E-state index is 8.66. The summed E-state index contributed by atoms with van der Waals surface area (Å²) in [7, 11) is -5.14. The number of quaternary nitrogens is 1. The van der Waals surface area contributed by atoms with E-state index in [-0.39, 0.29) is 23.2 Å². The van der Waals surface area contributed by atoms with Gasteiger partial charge in [0.15, 0.2) is 0 Å². The van der Waals surface area contributed by atoms with Crippen LogP contribution in [0.15, 0.2) is 0 Å². The van der Waals surface area contributed by atoms with Crippen molar-refractivity contribution in [2.24, 2.45) is 0 Å². The van der Waals surface area contributed by atoms with Gasteiger partial charge in [-0.3, -0.25) is 0 Å². The summed E-state index contributed by atoms with van der Waals surface area (Å²) in [4.78, 5) is 24.3. The van der Waals surface area contributed by atoms with Crippen molar-refractivity contribution < 1.29 is 36.3 Å². The summed E-state index contributed by atoms with van der Waals surface area (Å²) in [6, 6.07) is 0. The van der Waals surface area contributed by atoms with E-state index in [1.165, 1.54) is 0 Å². The van der Waals surface area contributed by atoms with Crippen molar-refractivity contribution in [1.82, 2.24) is 6.15 Å². The first-order valence-electron chi connectivity index (χ1n) is 0.748. The molecule has 0 aromatic heterocycles. The maximum absolute atomic E-state index is 8.66. The van der Waals surface area contributed by atoms with Crippen molar-refractivity contribution in [2.75, 3.05) is 0 Å². The Morgan fingerprint density at radius 1 is 1.43 bits per heavy atom. The molecule has 0 aliphatic rings. The summed E-state index contributed by atoms with van der Waals surface area (Å²) in [5, 5.41) is 0. The Hall–Kier alpha value is 0.589. The summed E-state index contributed by atoms with van der Waals surface area (Å²) in [5.74, 6) is 0. The predicted octanol–water partition coefficient (Wildman–Crippen LogP) is -1.82. The smallest absolute Gasteiger partial charge is 0.0557 e. The van der Waals surface area contributed by atoms with Gasteiger partial charge in [-0.2, -0.15) is 0 Å². The van der Waals surface area contributed by atoms with Crippen molar-refractivity contribution in [3.63, 3.8) is 0 Å². The van der Waals surface area contributed by atoms with E-state index in [1.54, 1.807) is 0 Å². The normalized spacial score (nSPS) is 8.43. The first-order valence-corrected chi connectivity index (χ1v) is 2.24. The number of hydrogen-bond donors (Lipinski definition) is 2. The molecule has 0 radical (unpaired) electrons. The summed E-state index contributed by atoms with van der Waals surface area (Å²) in [6.45, 7) is 0. The molecule has 0 aliphatic heterocycles. The molecular weight excluding hydrogens is 165 g/mol. The summed E-state index contributed by atoms with van der Waals surface area (Å²) >= 11 is 0. The minimum Gasteiger partial charge on any atom is -0.790 e. The molecule has 0 unspecified atom stereocenters. The van der Waals surface area contributed by atoms with Crippen molar-refractivity contribution in [1.29, 1.82) is 0 Å². The third-order valence-electron chi connectivity index (χ3n) is 0. The van der Waals surface area contributed by atoms with Gasteiger partial charge < -0.3 is 25.4 Å². The van der Waals surface area contributed by atoms with Gasteiger partial charge in [-0.1, -0.05) is 0 Å². The molecule has 7 heavy (non-hydrogen) atoms. The Balaban J connectivity index is -0.0000000800. The van der Waals surface area contributed by atoms with Gasteiger partial charge in [-0.15, -0.1) is 0 Å². The van der Waals surface area contributed by atoms with E-state index in [2.05, 4.69) is 0 Å². The molecule has 0 saturated carbocycles. The van der Waals surface area contributed by atoms with E-state index in [0.29, 0.717) is 0 Å². The van der Waals surface area contributed by atoms with Gasteiger partial charge in [-0.05, 0) is 0 Å². The van der Waals surface area contributed by atoms with Crippen LogP contribution >= 0.6 is 7.82 Å². The van der Waals surface area contributed by atoms with Gasteiger partial charge >= 0.3 is 0 Å². The molecule has 0 fully saturated rings. The van der Waals surface area contributed by atoms with Crippen LogP contribution < -0.4 is 15.9 Å². The third-order valence-corrected chi connectivity index (χ3v) is 0. The second-order valence-corrected chi connectivity index (χ2v) is 1.41. The van der Waals surface area contributed by atoms with Crippen LogP contribution in [0.4, 0.5) is 0 Å². The van der Waals surface area contributed by atoms with Crippen molar-refractivity contribution >= 4 is 7.82 Å². The Morgan fingerprint density at radius 3 is 1.43 bits per heavy atom. The van der Waals surface area contributed by atoms with Crippen LogP contribution in [-0.4, -0.2) is 4.89 Å². The Bertz CT molecular complexity index is 57.8. The molecule has 0 aromatic carbocycles. The summed E-state index contributed by atoms with van der Waals surface area (Å²) < 4.78 is 8.66. The zero-order valence-corrected chi connectivity index (χ0v) is 5.47. The fraction of sp³-hybridized carbons (Fsp3) is 0. The number of phosphoric acid groups is 1.